The van der Waals surface area contributed by atoms with Crippen LogP contribution in [0.3, 0.4) is 0 Å². The third-order valence-electron chi connectivity index (χ3n) is 5.49. The number of unbranched alkanes of at least 4 members (excludes halogenated alkanes) is 1. The molecule has 0 bridgehead atoms. The number of aliphatic imine (C=N–C) groups is 1. The Balaban J connectivity index is 1.77. The summed E-state index contributed by atoms with van der Waals surface area (Å²) in [6.07, 6.45) is 9.02. The van der Waals surface area contributed by atoms with E-state index in [2.05, 4.69) is 32.3 Å². The van der Waals surface area contributed by atoms with E-state index in [9.17, 15) is 0 Å². The van der Waals surface area contributed by atoms with Gasteiger partial charge in [-0.2, -0.15) is 11.8 Å². The number of nitrogens with zero attached hydrogens (tertiary/aromatic N) is 2. The largest absolute Gasteiger partial charge is 0.382 e. The van der Waals surface area contributed by atoms with Crippen molar-refractivity contribution in [3.8, 4) is 0 Å². The molecule has 2 aliphatic rings. The zero-order valence-corrected chi connectivity index (χ0v) is 17.1. The second kappa shape index (κ2) is 12.0. The predicted molar refractivity (Wildman–Crippen MR) is 110 cm³/mol. The van der Waals surface area contributed by atoms with E-state index in [1.165, 1.54) is 56.7 Å². The number of nitrogens with one attached hydrogen (secondary N) is 2. The van der Waals surface area contributed by atoms with E-state index in [1.54, 1.807) is 0 Å². The van der Waals surface area contributed by atoms with E-state index in [0.29, 0.717) is 5.54 Å². The van der Waals surface area contributed by atoms with Crippen LogP contribution in [-0.4, -0.2) is 74.3 Å². The summed E-state index contributed by atoms with van der Waals surface area (Å²) in [7, 11) is 1.88. The molecule has 2 fully saturated rings. The van der Waals surface area contributed by atoms with Gasteiger partial charge in [0, 0.05) is 63.5 Å². The minimum atomic E-state index is 0.339. The first-order chi connectivity index (χ1) is 12.3. The Labute approximate surface area is 158 Å². The Morgan fingerprint density at radius 3 is 2.56 bits per heavy atom. The molecule has 1 saturated carbocycles. The fraction of sp³-hybridized carbons (Fsp3) is 0.947. The van der Waals surface area contributed by atoms with E-state index in [-0.39, 0.29) is 0 Å². The van der Waals surface area contributed by atoms with Gasteiger partial charge in [-0.15, -0.1) is 0 Å². The molecule has 0 unspecified atom stereocenters. The summed E-state index contributed by atoms with van der Waals surface area (Å²) in [5, 5.41) is 7.11. The summed E-state index contributed by atoms with van der Waals surface area (Å²) in [5.41, 5.74) is 0.339. The second-order valence-electron chi connectivity index (χ2n) is 7.14. The van der Waals surface area contributed by atoms with Crippen LogP contribution in [-0.2, 0) is 4.74 Å². The van der Waals surface area contributed by atoms with Crippen LogP contribution in [0, 0.1) is 0 Å². The fourth-order valence-corrected chi connectivity index (χ4v) is 4.90. The van der Waals surface area contributed by atoms with Gasteiger partial charge < -0.3 is 15.4 Å². The van der Waals surface area contributed by atoms with E-state index in [0.717, 1.165) is 45.1 Å². The lowest BCUT2D eigenvalue weighted by atomic mass is 9.80. The van der Waals surface area contributed by atoms with Crippen LogP contribution in [0.25, 0.3) is 0 Å². The molecule has 0 aromatic carbocycles. The van der Waals surface area contributed by atoms with Gasteiger partial charge in [-0.3, -0.25) is 9.89 Å². The van der Waals surface area contributed by atoms with Crippen molar-refractivity contribution in [3.63, 3.8) is 0 Å². The standard InChI is InChI=1S/C19H38N4OS/c1-3-24-14-8-7-11-21-18(20-2)22-17-19(9-5-4-6-10-19)23-12-15-25-16-13-23/h3-17H2,1-2H3,(H2,20,21,22). The third-order valence-corrected chi connectivity index (χ3v) is 6.43. The molecule has 5 nitrogen and oxygen atoms in total. The first-order valence-corrected chi connectivity index (χ1v) is 11.3. The normalized spacial score (nSPS) is 21.9. The number of ether oxygens (including phenoxy) is 1. The lowest BCUT2D eigenvalue weighted by molar-refractivity contribution is 0.0626. The number of thioether (sulfide) groups is 1. The molecule has 0 aromatic heterocycles. The molecule has 25 heavy (non-hydrogen) atoms. The highest BCUT2D eigenvalue weighted by molar-refractivity contribution is 7.99. The highest BCUT2D eigenvalue weighted by Crippen LogP contribution is 2.34. The van der Waals surface area contributed by atoms with Crippen molar-refractivity contribution in [2.75, 3.05) is 57.9 Å². The molecular formula is C19H38N4OS. The summed E-state index contributed by atoms with van der Waals surface area (Å²) in [5.74, 6) is 3.52. The van der Waals surface area contributed by atoms with Gasteiger partial charge in [0.2, 0.25) is 0 Å². The molecule has 1 heterocycles. The molecule has 6 heteroatoms. The van der Waals surface area contributed by atoms with E-state index in [4.69, 9.17) is 4.74 Å². The quantitative estimate of drug-likeness (QED) is 0.371. The number of hydrogen-bond donors (Lipinski definition) is 2. The van der Waals surface area contributed by atoms with Gasteiger partial charge >= 0.3 is 0 Å². The third kappa shape index (κ3) is 6.99. The SMILES string of the molecule is CCOCCCCNC(=NC)NCC1(N2CCSCC2)CCCCC1. The smallest absolute Gasteiger partial charge is 0.191 e. The maximum absolute atomic E-state index is 5.39. The molecule has 1 saturated heterocycles. The van der Waals surface area contributed by atoms with E-state index >= 15 is 0 Å². The Morgan fingerprint density at radius 1 is 1.12 bits per heavy atom. The summed E-state index contributed by atoms with van der Waals surface area (Å²) in [4.78, 5) is 7.19. The first kappa shape index (κ1) is 20.8. The predicted octanol–water partition coefficient (Wildman–Crippen LogP) is 2.72. The van der Waals surface area contributed by atoms with E-state index < -0.39 is 0 Å². The van der Waals surface area contributed by atoms with Crippen molar-refractivity contribution < 1.29 is 4.74 Å². The number of guanidine groups is 1. The van der Waals surface area contributed by atoms with Gasteiger partial charge in [0.15, 0.2) is 5.96 Å². The van der Waals surface area contributed by atoms with E-state index in [1.807, 2.05) is 14.0 Å². The van der Waals surface area contributed by atoms with Crippen molar-refractivity contribution in [2.24, 2.45) is 4.99 Å². The Bertz CT molecular complexity index is 380. The number of rotatable bonds is 9. The summed E-state index contributed by atoms with van der Waals surface area (Å²) < 4.78 is 5.39. The maximum Gasteiger partial charge on any atom is 0.191 e. The first-order valence-electron chi connectivity index (χ1n) is 10.2. The van der Waals surface area contributed by atoms with Gasteiger partial charge in [-0.25, -0.2) is 0 Å². The van der Waals surface area contributed by atoms with Crippen LogP contribution in [0.2, 0.25) is 0 Å². The van der Waals surface area contributed by atoms with Gasteiger partial charge in [-0.1, -0.05) is 19.3 Å². The Kier molecular flexibility index (Phi) is 10.0. The van der Waals surface area contributed by atoms with Crippen LogP contribution in [0.15, 0.2) is 4.99 Å². The highest BCUT2D eigenvalue weighted by atomic mass is 32.2. The summed E-state index contributed by atoms with van der Waals surface area (Å²) in [6.45, 7) is 8.20. The Hall–Kier alpha value is -0.460. The zero-order valence-electron chi connectivity index (χ0n) is 16.3. The van der Waals surface area contributed by atoms with Gasteiger partial charge in [0.1, 0.15) is 0 Å². The van der Waals surface area contributed by atoms with Gasteiger partial charge in [0.05, 0.1) is 0 Å². The second-order valence-corrected chi connectivity index (χ2v) is 8.37. The van der Waals surface area contributed by atoms with Gasteiger partial charge in [-0.05, 0) is 32.6 Å². The Morgan fingerprint density at radius 2 is 1.88 bits per heavy atom. The monoisotopic (exact) mass is 370 g/mol. The molecule has 0 spiro atoms. The average Bonchev–Trinajstić information content (AvgIpc) is 2.68. The minimum absolute atomic E-state index is 0.339. The lowest BCUT2D eigenvalue weighted by Crippen LogP contribution is -2.59. The van der Waals surface area contributed by atoms with Crippen LogP contribution in [0.5, 0.6) is 0 Å². The van der Waals surface area contributed by atoms with Crippen LogP contribution < -0.4 is 10.6 Å². The fourth-order valence-electron chi connectivity index (χ4n) is 4.00. The molecule has 2 rings (SSSR count). The van der Waals surface area contributed by atoms with Crippen molar-refractivity contribution in [1.29, 1.82) is 0 Å². The molecule has 0 atom stereocenters. The van der Waals surface area contributed by atoms with Crippen molar-refractivity contribution >= 4 is 17.7 Å². The molecule has 1 aliphatic carbocycles. The van der Waals surface area contributed by atoms with Crippen LogP contribution in [0.1, 0.15) is 51.9 Å². The average molecular weight is 371 g/mol. The molecule has 2 N–H and O–H groups in total. The molecule has 0 amide bonds. The van der Waals surface area contributed by atoms with Gasteiger partial charge in [0.25, 0.3) is 0 Å². The number of hydrogen-bond acceptors (Lipinski definition) is 4. The zero-order chi connectivity index (χ0) is 17.8. The molecule has 146 valence electrons. The maximum atomic E-state index is 5.39. The van der Waals surface area contributed by atoms with Crippen LogP contribution in [0.4, 0.5) is 0 Å². The minimum Gasteiger partial charge on any atom is -0.382 e. The molecule has 0 aromatic rings. The lowest BCUT2D eigenvalue weighted by Gasteiger charge is -2.48. The van der Waals surface area contributed by atoms with Crippen molar-refractivity contribution in [2.45, 2.75) is 57.4 Å². The molecular weight excluding hydrogens is 332 g/mol. The summed E-state index contributed by atoms with van der Waals surface area (Å²) in [6, 6.07) is 0. The molecule has 0 radical (unpaired) electrons. The topological polar surface area (TPSA) is 48.9 Å². The van der Waals surface area contributed by atoms with Crippen LogP contribution >= 0.6 is 11.8 Å². The van der Waals surface area contributed by atoms with Crippen molar-refractivity contribution in [1.82, 2.24) is 15.5 Å². The highest BCUT2D eigenvalue weighted by Gasteiger charge is 2.38. The molecule has 1 aliphatic heterocycles. The summed E-state index contributed by atoms with van der Waals surface area (Å²) >= 11 is 2.10. The van der Waals surface area contributed by atoms with Crippen molar-refractivity contribution in [3.05, 3.63) is 0 Å².